The number of rotatable bonds is 5. The molecule has 0 bridgehead atoms. The molecule has 0 saturated carbocycles. The summed E-state index contributed by atoms with van der Waals surface area (Å²) in [6.45, 7) is 4.14. The van der Waals surface area contributed by atoms with Gasteiger partial charge in [0.15, 0.2) is 0 Å². The maximum absolute atomic E-state index is 12.6. The monoisotopic (exact) mass is 394 g/mol. The lowest BCUT2D eigenvalue weighted by Crippen LogP contribution is -2.24. The number of carbonyl (C=O) groups is 2. The largest absolute Gasteiger partial charge is 0.348 e. The predicted molar refractivity (Wildman–Crippen MR) is 109 cm³/mol. The number of amides is 2. The third-order valence-corrected chi connectivity index (χ3v) is 4.40. The summed E-state index contributed by atoms with van der Waals surface area (Å²) in [5.41, 5.74) is 3.74. The van der Waals surface area contributed by atoms with E-state index in [1.54, 1.807) is 30.6 Å². The number of carbonyl (C=O) groups excluding carboxylic acids is 2. The molecule has 0 aliphatic rings. The van der Waals surface area contributed by atoms with Gasteiger partial charge >= 0.3 is 0 Å². The van der Waals surface area contributed by atoms with Crippen LogP contribution in [0.25, 0.3) is 0 Å². The van der Waals surface area contributed by atoms with Gasteiger partial charge in [-0.15, -0.1) is 0 Å². The van der Waals surface area contributed by atoms with E-state index >= 15 is 0 Å². The molecule has 7 heteroatoms. The summed E-state index contributed by atoms with van der Waals surface area (Å²) >= 11 is 6.24. The van der Waals surface area contributed by atoms with Gasteiger partial charge in [-0.3, -0.25) is 19.6 Å². The van der Waals surface area contributed by atoms with Gasteiger partial charge in [-0.25, -0.2) is 0 Å². The van der Waals surface area contributed by atoms with Crippen LogP contribution in [-0.2, 0) is 6.54 Å². The number of aryl methyl sites for hydroxylation is 2. The fourth-order valence-electron chi connectivity index (χ4n) is 2.73. The lowest BCUT2D eigenvalue weighted by molar-refractivity contribution is 0.0950. The minimum absolute atomic E-state index is 0.130. The average molecular weight is 395 g/mol. The van der Waals surface area contributed by atoms with Crippen LogP contribution < -0.4 is 10.6 Å². The molecule has 2 N–H and O–H groups in total. The smallest absolute Gasteiger partial charge is 0.274 e. The van der Waals surface area contributed by atoms with E-state index in [1.807, 2.05) is 26.0 Å². The minimum atomic E-state index is -0.434. The molecule has 28 heavy (non-hydrogen) atoms. The van der Waals surface area contributed by atoms with Gasteiger partial charge in [0.05, 0.1) is 10.7 Å². The molecular weight excluding hydrogens is 376 g/mol. The van der Waals surface area contributed by atoms with E-state index in [4.69, 9.17) is 11.6 Å². The van der Waals surface area contributed by atoms with Crippen LogP contribution in [0, 0.1) is 13.8 Å². The third kappa shape index (κ3) is 4.72. The Bertz CT molecular complexity index is 999. The number of benzene rings is 1. The maximum Gasteiger partial charge on any atom is 0.274 e. The van der Waals surface area contributed by atoms with Gasteiger partial charge in [-0.05, 0) is 54.8 Å². The van der Waals surface area contributed by atoms with Gasteiger partial charge < -0.3 is 10.6 Å². The number of nitrogens with one attached hydrogen (secondary N) is 2. The van der Waals surface area contributed by atoms with Crippen molar-refractivity contribution in [3.8, 4) is 0 Å². The average Bonchev–Trinajstić information content (AvgIpc) is 2.69. The zero-order valence-corrected chi connectivity index (χ0v) is 16.2. The summed E-state index contributed by atoms with van der Waals surface area (Å²) in [7, 11) is 0. The van der Waals surface area contributed by atoms with Gasteiger partial charge in [-0.1, -0.05) is 23.7 Å². The lowest BCUT2D eigenvalue weighted by Gasteiger charge is -2.12. The third-order valence-electron chi connectivity index (χ3n) is 4.10. The van der Waals surface area contributed by atoms with E-state index in [9.17, 15) is 9.59 Å². The highest BCUT2D eigenvalue weighted by Crippen LogP contribution is 2.27. The second-order valence-electron chi connectivity index (χ2n) is 6.37. The van der Waals surface area contributed by atoms with Crippen molar-refractivity contribution in [2.75, 3.05) is 5.32 Å². The second-order valence-corrected chi connectivity index (χ2v) is 6.77. The molecule has 0 unspecified atom stereocenters. The van der Waals surface area contributed by atoms with Crippen molar-refractivity contribution >= 4 is 29.1 Å². The highest BCUT2D eigenvalue weighted by Gasteiger charge is 2.15. The minimum Gasteiger partial charge on any atom is -0.348 e. The Balaban J connectivity index is 1.72. The molecular formula is C21H19ClN4O2. The number of halogens is 1. The molecule has 2 aromatic heterocycles. The summed E-state index contributed by atoms with van der Waals surface area (Å²) in [5, 5.41) is 6.02. The first-order valence-corrected chi connectivity index (χ1v) is 9.03. The Morgan fingerprint density at radius 2 is 1.89 bits per heavy atom. The van der Waals surface area contributed by atoms with Crippen LogP contribution in [0.1, 0.15) is 37.5 Å². The van der Waals surface area contributed by atoms with Crippen molar-refractivity contribution < 1.29 is 9.59 Å². The van der Waals surface area contributed by atoms with E-state index in [0.29, 0.717) is 22.8 Å². The molecule has 2 heterocycles. The van der Waals surface area contributed by atoms with E-state index in [-0.39, 0.29) is 11.6 Å². The zero-order chi connectivity index (χ0) is 20.1. The summed E-state index contributed by atoms with van der Waals surface area (Å²) in [5.74, 6) is -0.736. The van der Waals surface area contributed by atoms with Crippen molar-refractivity contribution in [2.24, 2.45) is 0 Å². The van der Waals surface area contributed by atoms with Crippen LogP contribution in [0.4, 0.5) is 5.69 Å². The van der Waals surface area contributed by atoms with Crippen molar-refractivity contribution in [3.63, 3.8) is 0 Å². The van der Waals surface area contributed by atoms with Crippen LogP contribution in [0.3, 0.4) is 0 Å². The number of hydrogen-bond acceptors (Lipinski definition) is 4. The molecule has 2 amide bonds. The lowest BCUT2D eigenvalue weighted by atomic mass is 10.1. The second kappa shape index (κ2) is 8.63. The molecule has 0 aliphatic heterocycles. The molecule has 0 aliphatic carbocycles. The van der Waals surface area contributed by atoms with Crippen molar-refractivity contribution in [3.05, 3.63) is 88.0 Å². The highest BCUT2D eigenvalue weighted by atomic mass is 35.5. The van der Waals surface area contributed by atoms with E-state index < -0.39 is 5.91 Å². The molecule has 0 fully saturated rings. The first kappa shape index (κ1) is 19.5. The molecule has 0 spiro atoms. The zero-order valence-electron chi connectivity index (χ0n) is 15.5. The van der Waals surface area contributed by atoms with Crippen molar-refractivity contribution in [1.82, 2.24) is 15.3 Å². The quantitative estimate of drug-likeness (QED) is 0.686. The number of nitrogens with zero attached hydrogens (tertiary/aromatic N) is 2. The molecule has 3 rings (SSSR count). The van der Waals surface area contributed by atoms with Gasteiger partial charge in [0, 0.05) is 30.7 Å². The van der Waals surface area contributed by atoms with Crippen LogP contribution in [0.15, 0.2) is 55.0 Å². The molecule has 0 saturated heterocycles. The van der Waals surface area contributed by atoms with Crippen LogP contribution in [-0.4, -0.2) is 21.8 Å². The van der Waals surface area contributed by atoms with Crippen molar-refractivity contribution in [2.45, 2.75) is 20.4 Å². The Kier molecular flexibility index (Phi) is 6.01. The fraction of sp³-hybridized carbons (Fsp3) is 0.143. The van der Waals surface area contributed by atoms with E-state index in [0.717, 1.165) is 16.7 Å². The summed E-state index contributed by atoms with van der Waals surface area (Å²) in [6, 6.07) is 10.4. The topological polar surface area (TPSA) is 84.0 Å². The summed E-state index contributed by atoms with van der Waals surface area (Å²) in [4.78, 5) is 33.0. The standard InChI is InChI=1S/C21H19ClN4O2/c1-13-8-14(2)19(17(22)9-13)26-21(28)18-10-16(5-7-24-18)20(27)25-12-15-4-3-6-23-11-15/h3-11H,12H2,1-2H3,(H,25,27)(H,26,28). The summed E-state index contributed by atoms with van der Waals surface area (Å²) in [6.07, 6.45) is 4.78. The molecule has 6 nitrogen and oxygen atoms in total. The Morgan fingerprint density at radius 1 is 1.07 bits per heavy atom. The first-order valence-electron chi connectivity index (χ1n) is 8.65. The number of hydrogen-bond donors (Lipinski definition) is 2. The summed E-state index contributed by atoms with van der Waals surface area (Å²) < 4.78 is 0. The maximum atomic E-state index is 12.6. The van der Waals surface area contributed by atoms with Crippen molar-refractivity contribution in [1.29, 1.82) is 0 Å². The molecule has 0 radical (unpaired) electrons. The molecule has 1 aromatic carbocycles. The molecule has 3 aromatic rings. The van der Waals surface area contributed by atoms with Gasteiger partial charge in [0.2, 0.25) is 0 Å². The van der Waals surface area contributed by atoms with Crippen LogP contribution in [0.2, 0.25) is 5.02 Å². The molecule has 0 atom stereocenters. The SMILES string of the molecule is Cc1cc(C)c(NC(=O)c2cc(C(=O)NCc3cccnc3)ccn2)c(Cl)c1. The Labute approximate surface area is 168 Å². The number of anilines is 1. The predicted octanol–water partition coefficient (Wildman–Crippen LogP) is 3.93. The first-order chi connectivity index (χ1) is 13.4. The Morgan fingerprint density at radius 3 is 2.61 bits per heavy atom. The van der Waals surface area contributed by atoms with Crippen LogP contribution in [0.5, 0.6) is 0 Å². The number of aromatic nitrogens is 2. The Hall–Kier alpha value is -3.25. The normalized spacial score (nSPS) is 10.4. The molecule has 142 valence electrons. The fourth-order valence-corrected chi connectivity index (χ4v) is 3.10. The highest BCUT2D eigenvalue weighted by molar-refractivity contribution is 6.34. The number of pyridine rings is 2. The van der Waals surface area contributed by atoms with Crippen LogP contribution >= 0.6 is 11.6 Å². The van der Waals surface area contributed by atoms with E-state index in [1.165, 1.54) is 12.3 Å². The van der Waals surface area contributed by atoms with Gasteiger partial charge in [0.25, 0.3) is 11.8 Å². The van der Waals surface area contributed by atoms with E-state index in [2.05, 4.69) is 20.6 Å². The van der Waals surface area contributed by atoms with Gasteiger partial charge in [-0.2, -0.15) is 0 Å². The van der Waals surface area contributed by atoms with Gasteiger partial charge in [0.1, 0.15) is 5.69 Å².